The Kier molecular flexibility index (Phi) is 41.8. The molecule has 41 heteroatoms. The lowest BCUT2D eigenvalue weighted by molar-refractivity contribution is -0.300. The summed E-state index contributed by atoms with van der Waals surface area (Å²) >= 11 is 0. The van der Waals surface area contributed by atoms with Gasteiger partial charge in [0.2, 0.25) is 58.5 Å². The summed E-state index contributed by atoms with van der Waals surface area (Å²) in [5.74, 6) is -15.9. The molecule has 580 valence electrons. The zero-order valence-corrected chi connectivity index (χ0v) is 56.3. The van der Waals surface area contributed by atoms with Crippen LogP contribution in [0, 0.1) is 29.1 Å². The second-order valence-electron chi connectivity index (χ2n) is 22.8. The molecule has 0 unspecified atom stereocenters. The molecule has 0 radical (unpaired) electrons. The first-order chi connectivity index (χ1) is 49.2. The molecule has 12 N–H and O–H groups in total. The molecule has 0 spiro atoms. The number of nitrogens with zero attached hydrogens (tertiary/aromatic N) is 6. The van der Waals surface area contributed by atoms with Crippen LogP contribution in [0.5, 0.6) is 5.75 Å². The number of carbonyl (C=O) groups is 5. The van der Waals surface area contributed by atoms with E-state index in [2.05, 4.69) is 46.6 Å². The molecule has 0 bridgehead atoms. The normalized spacial score (nSPS) is 20.9. The topological polar surface area (TPSA) is 477 Å². The van der Waals surface area contributed by atoms with Gasteiger partial charge in [-0.15, -0.1) is 10.2 Å². The van der Waals surface area contributed by atoms with Crippen LogP contribution < -0.4 is 26.0 Å². The summed E-state index contributed by atoms with van der Waals surface area (Å²) in [6, 6.07) is -0.937. The first-order valence-electron chi connectivity index (χ1n) is 33.3. The van der Waals surface area contributed by atoms with Crippen molar-refractivity contribution in [3.05, 3.63) is 52.9 Å². The van der Waals surface area contributed by atoms with Crippen molar-refractivity contribution in [3.8, 4) is 5.75 Å². The van der Waals surface area contributed by atoms with Gasteiger partial charge in [0.25, 0.3) is 0 Å². The third-order valence-electron chi connectivity index (χ3n) is 15.1. The Hall–Kier alpha value is -6.30. The van der Waals surface area contributed by atoms with E-state index >= 15 is 0 Å². The lowest BCUT2D eigenvalue weighted by Gasteiger charge is -2.39. The minimum absolute atomic E-state index is 0.00735. The zero-order valence-electron chi connectivity index (χ0n) is 56.3. The fourth-order valence-corrected chi connectivity index (χ4v) is 9.40. The second kappa shape index (κ2) is 49.4. The van der Waals surface area contributed by atoms with E-state index in [-0.39, 0.29) is 182 Å². The van der Waals surface area contributed by atoms with Crippen molar-refractivity contribution in [3.63, 3.8) is 0 Å². The van der Waals surface area contributed by atoms with Crippen LogP contribution in [0.3, 0.4) is 0 Å². The van der Waals surface area contributed by atoms with Gasteiger partial charge < -0.3 is 124 Å². The van der Waals surface area contributed by atoms with E-state index in [1.165, 1.54) is 0 Å². The second-order valence-corrected chi connectivity index (χ2v) is 22.8. The summed E-state index contributed by atoms with van der Waals surface area (Å²) in [6.07, 6.45) is -8.87. The van der Waals surface area contributed by atoms with E-state index < -0.39 is 140 Å². The van der Waals surface area contributed by atoms with E-state index in [4.69, 9.17) is 56.8 Å². The number of carbonyl (C=O) groups excluding carboxylic acids is 5. The number of rotatable bonds is 55. The van der Waals surface area contributed by atoms with Crippen molar-refractivity contribution in [2.75, 3.05) is 152 Å². The third kappa shape index (κ3) is 32.0. The quantitative estimate of drug-likeness (QED) is 0.00635. The molecule has 2 aromatic heterocycles. The molecule has 2 saturated heterocycles. The number of halogens is 5. The van der Waals surface area contributed by atoms with E-state index in [9.17, 15) is 86.8 Å². The highest BCUT2D eigenvalue weighted by Crippen LogP contribution is 2.30. The van der Waals surface area contributed by atoms with Gasteiger partial charge in [-0.05, 0) is 25.7 Å². The number of aliphatic hydroxyl groups excluding tert-OH is 8. The number of nitrogens with one attached hydrogen (secondary N) is 4. The Morgan fingerprint density at radius 2 is 0.863 bits per heavy atom. The predicted molar refractivity (Wildman–Crippen MR) is 333 cm³/mol. The molecule has 2 aliphatic heterocycles. The summed E-state index contributed by atoms with van der Waals surface area (Å²) < 4.78 is 140. The number of unbranched alkanes of at least 4 members (excludes halogenated alkanes) is 1. The smallest absolute Gasteiger partial charge is 0.313 e. The molecule has 5 rings (SSSR count). The molecular weight excluding hydrogens is 1380 g/mol. The Morgan fingerprint density at radius 3 is 1.32 bits per heavy atom. The van der Waals surface area contributed by atoms with E-state index in [1.54, 1.807) is 21.8 Å². The van der Waals surface area contributed by atoms with Crippen LogP contribution in [0.2, 0.25) is 0 Å². The largest absolute Gasteiger partial charge is 0.420 e. The van der Waals surface area contributed by atoms with Gasteiger partial charge in [-0.2, -0.15) is 8.78 Å². The van der Waals surface area contributed by atoms with Crippen LogP contribution in [0.25, 0.3) is 0 Å². The molecule has 2 fully saturated rings. The van der Waals surface area contributed by atoms with Crippen molar-refractivity contribution in [2.24, 2.45) is 0 Å². The monoisotopic (exact) mass is 1480 g/mol. The van der Waals surface area contributed by atoms with E-state index in [0.717, 1.165) is 0 Å². The molecule has 0 saturated carbocycles. The van der Waals surface area contributed by atoms with Gasteiger partial charge in [-0.3, -0.25) is 24.0 Å². The number of aromatic nitrogens is 6. The molecule has 36 nitrogen and oxygen atoms in total. The van der Waals surface area contributed by atoms with Crippen LogP contribution in [0.4, 0.5) is 22.0 Å². The number of benzene rings is 1. The number of amides is 4. The minimum Gasteiger partial charge on any atom is -0.420 e. The Morgan fingerprint density at radius 1 is 0.451 bits per heavy atom. The van der Waals surface area contributed by atoms with Gasteiger partial charge in [0, 0.05) is 64.1 Å². The van der Waals surface area contributed by atoms with Crippen LogP contribution in [-0.2, 0) is 107 Å². The molecule has 3 aromatic rings. The summed E-state index contributed by atoms with van der Waals surface area (Å²) in [7, 11) is 0. The van der Waals surface area contributed by atoms with Gasteiger partial charge in [0.1, 0.15) is 54.9 Å². The van der Waals surface area contributed by atoms with Crippen LogP contribution >= 0.6 is 0 Å². The van der Waals surface area contributed by atoms with E-state index in [1.807, 2.05) is 0 Å². The first-order valence-corrected chi connectivity index (χ1v) is 33.3. The molecule has 4 amide bonds. The summed E-state index contributed by atoms with van der Waals surface area (Å²) in [4.78, 5) is 63.3. The predicted octanol–water partition coefficient (Wildman–Crippen LogP) is -4.32. The summed E-state index contributed by atoms with van der Waals surface area (Å²) in [6.45, 7) is 2.46. The Labute approximate surface area is 582 Å². The fourth-order valence-electron chi connectivity index (χ4n) is 9.40. The Bertz CT molecular complexity index is 2870. The number of hydrogen-bond acceptors (Lipinski definition) is 30. The average molecular weight is 1480 g/mol. The average Bonchev–Trinajstić information content (AvgIpc) is 0.960. The molecule has 0 aliphatic carbocycles. The lowest BCUT2D eigenvalue weighted by atomic mass is 9.99. The van der Waals surface area contributed by atoms with Crippen molar-refractivity contribution in [2.45, 2.75) is 145 Å². The van der Waals surface area contributed by atoms with Gasteiger partial charge >= 0.3 is 5.97 Å². The lowest BCUT2D eigenvalue weighted by Crippen LogP contribution is -2.59. The van der Waals surface area contributed by atoms with Crippen molar-refractivity contribution >= 4 is 29.6 Å². The standard InChI is InChI=1S/C61H95F5N10O26/c62-47-48(63)50(65)58(51(66)49(47)64)102-46(82)10-18-92-26-30-96-32-33-97-31-27-93-21-13-69-59(89)40(4-1-2-11-67-43(79)8-16-90-24-28-94-22-14-75-34-38(71-73-75)6-19-98-60-56(87)54(85)52(83)41(36-77)100-60)70-45(81)5-3-12-68-44(80)9-17-91-25-29-95-23-15-76-35-39(72-74-76)7-20-99-61-57(88)55(86)53(84)42(37-78)101-61/h34-35,40-42,52-57,60-61,77-78,83-88H,1-33,36-37H2,(H,67,79)(H,68,80)(H,69,89)(H,70,81)/t40-,41-,42-,52+,53+,54+,55+,56-,57-,60-,61-/m1/s1. The number of aliphatic hydroxyl groups is 8. The fraction of sp³-hybridized carbons (Fsp3) is 0.754. The van der Waals surface area contributed by atoms with Gasteiger partial charge in [0.15, 0.2) is 12.6 Å². The van der Waals surface area contributed by atoms with Gasteiger partial charge in [-0.25, -0.2) is 22.5 Å². The number of hydrogen-bond donors (Lipinski definition) is 12. The first kappa shape index (κ1) is 86.3. The molecule has 4 heterocycles. The van der Waals surface area contributed by atoms with Gasteiger partial charge in [0.05, 0.1) is 163 Å². The van der Waals surface area contributed by atoms with Crippen molar-refractivity contribution in [1.29, 1.82) is 0 Å². The molecule has 102 heavy (non-hydrogen) atoms. The Balaban J connectivity index is 0.890. The maximum Gasteiger partial charge on any atom is 0.313 e. The molecule has 11 atom stereocenters. The molecule has 2 aliphatic rings. The third-order valence-corrected chi connectivity index (χ3v) is 15.1. The summed E-state index contributed by atoms with van der Waals surface area (Å²) in [5, 5.41) is 106. The van der Waals surface area contributed by atoms with Crippen LogP contribution in [0.1, 0.15) is 62.8 Å². The van der Waals surface area contributed by atoms with Crippen molar-refractivity contribution < 1.29 is 148 Å². The van der Waals surface area contributed by atoms with Gasteiger partial charge in [-0.1, -0.05) is 10.4 Å². The number of esters is 1. The number of ether oxygens (including phenoxy) is 13. The zero-order chi connectivity index (χ0) is 74.0. The van der Waals surface area contributed by atoms with Crippen LogP contribution in [-0.4, -0.2) is 320 Å². The van der Waals surface area contributed by atoms with E-state index in [0.29, 0.717) is 50.2 Å². The minimum atomic E-state index is -2.39. The van der Waals surface area contributed by atoms with Crippen molar-refractivity contribution in [1.82, 2.24) is 51.3 Å². The maximum atomic E-state index is 13.7. The molecule has 1 aromatic carbocycles. The van der Waals surface area contributed by atoms with Crippen LogP contribution in [0.15, 0.2) is 12.4 Å². The maximum absolute atomic E-state index is 13.7. The highest BCUT2D eigenvalue weighted by Gasteiger charge is 2.45. The summed E-state index contributed by atoms with van der Waals surface area (Å²) in [5.41, 5.74) is 1.14. The SMILES string of the molecule is O=C(CCOCCOCCn1cc(CCO[C@@H]2O[C@H](CO)[C@H](O)[C@H](O)[C@H]2O)nn1)NCCCC[C@@H](NC(=O)CCCNC(=O)CCOCCOCCn1cc(CCO[C@@H]2O[C@H](CO)[C@H](O)[C@H](O)[C@H]2O)nn1)C(=O)NCCOCCOCCOCCOCCC(=O)Oc1c(F)c(F)c(F)c(F)c1F. The highest BCUT2D eigenvalue weighted by atomic mass is 19.2. The molecular formula is C61H95F5N10O26. The highest BCUT2D eigenvalue weighted by molar-refractivity contribution is 5.87.